The molecule has 1 saturated heterocycles. The van der Waals surface area contributed by atoms with E-state index in [0.717, 1.165) is 13.0 Å². The SMILES string of the molecule is C[C@@H](NC(=O)O)C(=O)N1CC2CCCC21. The second-order valence-corrected chi connectivity index (χ2v) is 4.42. The first-order chi connectivity index (χ1) is 7.09. The minimum absolute atomic E-state index is 0.0828. The van der Waals surface area contributed by atoms with Crippen LogP contribution in [0.2, 0.25) is 0 Å². The summed E-state index contributed by atoms with van der Waals surface area (Å²) in [4.78, 5) is 24.0. The molecular weight excluding hydrogens is 196 g/mol. The van der Waals surface area contributed by atoms with Crippen LogP contribution in [-0.4, -0.2) is 40.6 Å². The van der Waals surface area contributed by atoms with Gasteiger partial charge in [-0.15, -0.1) is 0 Å². The zero-order valence-electron chi connectivity index (χ0n) is 8.77. The molecule has 15 heavy (non-hydrogen) atoms. The van der Waals surface area contributed by atoms with Crippen molar-refractivity contribution in [1.29, 1.82) is 0 Å². The van der Waals surface area contributed by atoms with Crippen molar-refractivity contribution in [3.63, 3.8) is 0 Å². The molecule has 3 atom stereocenters. The number of amides is 2. The molecule has 2 unspecified atom stereocenters. The summed E-state index contributed by atoms with van der Waals surface area (Å²) < 4.78 is 0. The van der Waals surface area contributed by atoms with Crippen molar-refractivity contribution in [2.45, 2.75) is 38.3 Å². The van der Waals surface area contributed by atoms with Gasteiger partial charge < -0.3 is 15.3 Å². The molecule has 2 N–H and O–H groups in total. The van der Waals surface area contributed by atoms with Gasteiger partial charge in [0.2, 0.25) is 5.91 Å². The van der Waals surface area contributed by atoms with E-state index in [4.69, 9.17) is 5.11 Å². The summed E-state index contributed by atoms with van der Waals surface area (Å²) in [7, 11) is 0. The van der Waals surface area contributed by atoms with Crippen LogP contribution in [0.5, 0.6) is 0 Å². The molecule has 0 aromatic rings. The van der Waals surface area contributed by atoms with Gasteiger partial charge in [0.1, 0.15) is 6.04 Å². The number of nitrogens with zero attached hydrogens (tertiary/aromatic N) is 1. The second kappa shape index (κ2) is 3.72. The molecule has 0 radical (unpaired) electrons. The fourth-order valence-electron chi connectivity index (χ4n) is 2.64. The van der Waals surface area contributed by atoms with Gasteiger partial charge in [-0.3, -0.25) is 4.79 Å². The predicted molar refractivity (Wildman–Crippen MR) is 53.5 cm³/mol. The summed E-state index contributed by atoms with van der Waals surface area (Å²) in [6, 6.07) is -0.236. The first-order valence-corrected chi connectivity index (χ1v) is 5.39. The van der Waals surface area contributed by atoms with Crippen LogP contribution in [0.4, 0.5) is 4.79 Å². The lowest BCUT2D eigenvalue weighted by molar-refractivity contribution is -0.143. The Hall–Kier alpha value is -1.26. The number of fused-ring (bicyclic) bond motifs is 1. The number of carbonyl (C=O) groups is 2. The van der Waals surface area contributed by atoms with Crippen LogP contribution >= 0.6 is 0 Å². The minimum atomic E-state index is -1.14. The quantitative estimate of drug-likeness (QED) is 0.706. The highest BCUT2D eigenvalue weighted by molar-refractivity contribution is 5.85. The maximum Gasteiger partial charge on any atom is 0.405 e. The molecule has 0 spiro atoms. The van der Waals surface area contributed by atoms with E-state index in [1.165, 1.54) is 12.8 Å². The Morgan fingerprint density at radius 3 is 2.80 bits per heavy atom. The van der Waals surface area contributed by atoms with Gasteiger partial charge >= 0.3 is 6.09 Å². The molecule has 1 aliphatic heterocycles. The van der Waals surface area contributed by atoms with Crippen molar-refractivity contribution in [2.75, 3.05) is 6.54 Å². The van der Waals surface area contributed by atoms with E-state index in [0.29, 0.717) is 12.0 Å². The van der Waals surface area contributed by atoms with Crippen LogP contribution in [0.15, 0.2) is 0 Å². The third-order valence-electron chi connectivity index (χ3n) is 3.44. The van der Waals surface area contributed by atoms with Gasteiger partial charge in [-0.05, 0) is 25.7 Å². The summed E-state index contributed by atoms with van der Waals surface area (Å²) in [6.45, 7) is 2.41. The Morgan fingerprint density at radius 2 is 2.20 bits per heavy atom. The minimum Gasteiger partial charge on any atom is -0.465 e. The number of nitrogens with one attached hydrogen (secondary N) is 1. The molecule has 1 heterocycles. The molecule has 0 aromatic carbocycles. The third kappa shape index (κ3) is 1.78. The fourth-order valence-corrected chi connectivity index (χ4v) is 2.64. The van der Waals surface area contributed by atoms with Crippen molar-refractivity contribution in [3.05, 3.63) is 0 Å². The average molecular weight is 212 g/mol. The topological polar surface area (TPSA) is 69.6 Å². The van der Waals surface area contributed by atoms with Gasteiger partial charge in [0, 0.05) is 12.6 Å². The Morgan fingerprint density at radius 1 is 1.47 bits per heavy atom. The highest BCUT2D eigenvalue weighted by atomic mass is 16.4. The fraction of sp³-hybridized carbons (Fsp3) is 0.800. The largest absolute Gasteiger partial charge is 0.465 e. The van der Waals surface area contributed by atoms with E-state index in [9.17, 15) is 9.59 Å². The predicted octanol–water partition coefficient (Wildman–Crippen LogP) is 0.653. The van der Waals surface area contributed by atoms with Crippen LogP contribution in [0.1, 0.15) is 26.2 Å². The molecule has 0 bridgehead atoms. The number of likely N-dealkylation sites (tertiary alicyclic amines) is 1. The molecule has 1 saturated carbocycles. The number of carbonyl (C=O) groups excluding carboxylic acids is 1. The molecule has 1 aliphatic carbocycles. The van der Waals surface area contributed by atoms with Crippen LogP contribution in [-0.2, 0) is 4.79 Å². The van der Waals surface area contributed by atoms with E-state index >= 15 is 0 Å². The summed E-state index contributed by atoms with van der Waals surface area (Å²) in [5, 5.41) is 10.7. The van der Waals surface area contributed by atoms with Crippen molar-refractivity contribution in [2.24, 2.45) is 5.92 Å². The van der Waals surface area contributed by atoms with Crippen LogP contribution < -0.4 is 5.32 Å². The van der Waals surface area contributed by atoms with Crippen molar-refractivity contribution < 1.29 is 14.7 Å². The molecule has 2 fully saturated rings. The van der Waals surface area contributed by atoms with Crippen molar-refractivity contribution in [3.8, 4) is 0 Å². The standard InChI is InChI=1S/C10H16N2O3/c1-6(11-10(14)15)9(13)12-5-7-3-2-4-8(7)12/h6-8,11H,2-5H2,1H3,(H,14,15)/t6-,7?,8?/m1/s1. The van der Waals surface area contributed by atoms with E-state index in [1.807, 2.05) is 4.90 Å². The second-order valence-electron chi connectivity index (χ2n) is 4.42. The van der Waals surface area contributed by atoms with Crippen LogP contribution in [0.3, 0.4) is 0 Å². The summed E-state index contributed by atoms with van der Waals surface area (Å²) >= 11 is 0. The Kier molecular flexibility index (Phi) is 2.54. The average Bonchev–Trinajstić information content (AvgIpc) is 2.46. The molecular formula is C10H16N2O3. The molecule has 0 aromatic heterocycles. The van der Waals surface area contributed by atoms with Gasteiger partial charge in [-0.25, -0.2) is 4.79 Å². The first kappa shape index (κ1) is 10.3. The lowest BCUT2D eigenvalue weighted by atomic mass is 9.91. The normalized spacial score (nSPS) is 30.3. The Balaban J connectivity index is 1.89. The van der Waals surface area contributed by atoms with E-state index in [1.54, 1.807) is 6.92 Å². The number of hydrogen-bond donors (Lipinski definition) is 2. The maximum atomic E-state index is 11.8. The zero-order valence-corrected chi connectivity index (χ0v) is 8.77. The lowest BCUT2D eigenvalue weighted by Crippen LogP contribution is -2.60. The number of hydrogen-bond acceptors (Lipinski definition) is 2. The van der Waals surface area contributed by atoms with Crippen molar-refractivity contribution in [1.82, 2.24) is 10.2 Å². The van der Waals surface area contributed by atoms with E-state index < -0.39 is 12.1 Å². The lowest BCUT2D eigenvalue weighted by Gasteiger charge is -2.45. The molecule has 2 rings (SSSR count). The highest BCUT2D eigenvalue weighted by Gasteiger charge is 2.45. The van der Waals surface area contributed by atoms with Gasteiger partial charge in [0.25, 0.3) is 0 Å². The first-order valence-electron chi connectivity index (χ1n) is 5.39. The molecule has 5 heteroatoms. The molecule has 2 amide bonds. The summed E-state index contributed by atoms with van der Waals surface area (Å²) in [5.41, 5.74) is 0. The molecule has 84 valence electrons. The molecule has 2 aliphatic rings. The number of carboxylic acid groups (broad SMARTS) is 1. The van der Waals surface area contributed by atoms with Crippen LogP contribution in [0.25, 0.3) is 0 Å². The van der Waals surface area contributed by atoms with Gasteiger partial charge in [-0.1, -0.05) is 6.42 Å². The third-order valence-corrected chi connectivity index (χ3v) is 3.44. The van der Waals surface area contributed by atoms with Gasteiger partial charge in [-0.2, -0.15) is 0 Å². The smallest absolute Gasteiger partial charge is 0.405 e. The summed E-state index contributed by atoms with van der Waals surface area (Å²) in [5.74, 6) is 0.589. The van der Waals surface area contributed by atoms with Gasteiger partial charge in [0.15, 0.2) is 0 Å². The summed E-state index contributed by atoms with van der Waals surface area (Å²) in [6.07, 6.45) is 2.35. The Bertz CT molecular complexity index is 292. The maximum absolute atomic E-state index is 11.8. The van der Waals surface area contributed by atoms with E-state index in [2.05, 4.69) is 5.32 Å². The number of rotatable bonds is 2. The zero-order chi connectivity index (χ0) is 11.0. The van der Waals surface area contributed by atoms with Crippen LogP contribution in [0, 0.1) is 5.92 Å². The van der Waals surface area contributed by atoms with E-state index in [-0.39, 0.29) is 5.91 Å². The molecule has 5 nitrogen and oxygen atoms in total. The van der Waals surface area contributed by atoms with Crippen molar-refractivity contribution >= 4 is 12.0 Å². The van der Waals surface area contributed by atoms with Gasteiger partial charge in [0.05, 0.1) is 0 Å². The highest BCUT2D eigenvalue weighted by Crippen LogP contribution is 2.38. The monoisotopic (exact) mass is 212 g/mol. The Labute approximate surface area is 88.4 Å².